The van der Waals surface area contributed by atoms with Gasteiger partial charge < -0.3 is 0 Å². The van der Waals surface area contributed by atoms with Crippen molar-refractivity contribution in [1.82, 2.24) is 0 Å². The number of hydrogen-bond donors (Lipinski definition) is 0. The van der Waals surface area contributed by atoms with Gasteiger partial charge in [-0.2, -0.15) is 13.2 Å². The first kappa shape index (κ1) is 11.8. The molecule has 0 saturated carbocycles. The Labute approximate surface area is 90.6 Å². The average molecular weight is 336 g/mol. The Hall–Kier alpha value is -0.310. The molecule has 0 N–H and O–H groups in total. The fourth-order valence-corrected chi connectivity index (χ4v) is 2.15. The van der Waals surface area contributed by atoms with Gasteiger partial charge in [-0.3, -0.25) is 0 Å². The van der Waals surface area contributed by atoms with E-state index in [2.05, 4.69) is 0 Å². The van der Waals surface area contributed by atoms with Gasteiger partial charge in [0, 0.05) is 0 Å². The lowest BCUT2D eigenvalue weighted by atomic mass is 10.2. The molecule has 0 bridgehead atoms. The van der Waals surface area contributed by atoms with E-state index in [0.29, 0.717) is 0 Å². The fourth-order valence-electron chi connectivity index (χ4n) is 0.806. The molecular formula is C7H4F3IO2S. The van der Waals surface area contributed by atoms with Crippen molar-refractivity contribution in [3.8, 4) is 0 Å². The zero-order valence-electron chi connectivity index (χ0n) is 6.55. The Morgan fingerprint density at radius 3 is 1.79 bits per heavy atom. The van der Waals surface area contributed by atoms with Crippen LogP contribution in [0.1, 0.15) is 5.56 Å². The second-order valence-corrected chi connectivity index (χ2v) is 7.29. The van der Waals surface area contributed by atoms with Crippen molar-refractivity contribution in [2.75, 3.05) is 0 Å². The molecule has 0 amide bonds. The minimum atomic E-state index is -4.44. The molecule has 0 aromatic heterocycles. The summed E-state index contributed by atoms with van der Waals surface area (Å²) in [5.41, 5.74) is -0.860. The average Bonchev–Trinajstić information content (AvgIpc) is 2.01. The number of hydrogen-bond acceptors (Lipinski definition) is 2. The Bertz CT molecular complexity index is 421. The van der Waals surface area contributed by atoms with E-state index in [0.717, 1.165) is 24.3 Å². The van der Waals surface area contributed by atoms with E-state index in [4.69, 9.17) is 0 Å². The number of halogens is 4. The zero-order valence-corrected chi connectivity index (χ0v) is 9.52. The lowest BCUT2D eigenvalue weighted by molar-refractivity contribution is -0.137. The minimum Gasteiger partial charge on any atom is -0.213 e. The van der Waals surface area contributed by atoms with Crippen molar-refractivity contribution >= 4 is 28.2 Å². The van der Waals surface area contributed by atoms with Crippen molar-refractivity contribution in [3.63, 3.8) is 0 Å². The van der Waals surface area contributed by atoms with E-state index in [9.17, 15) is 21.6 Å². The molecule has 0 aliphatic heterocycles. The summed E-state index contributed by atoms with van der Waals surface area (Å²) in [5.74, 6) is 0. The first-order valence-corrected chi connectivity index (χ1v) is 7.36. The van der Waals surface area contributed by atoms with Gasteiger partial charge in [-0.25, -0.2) is 8.42 Å². The molecule has 1 aromatic rings. The van der Waals surface area contributed by atoms with Crippen LogP contribution in [0.15, 0.2) is 29.2 Å². The third kappa shape index (κ3) is 2.84. The summed E-state index contributed by atoms with van der Waals surface area (Å²) in [5, 5.41) is 0. The maximum Gasteiger partial charge on any atom is 0.416 e. The quantitative estimate of drug-likeness (QED) is 0.584. The van der Waals surface area contributed by atoms with Crippen LogP contribution in [0, 0.1) is 0 Å². The van der Waals surface area contributed by atoms with Crippen LogP contribution in [0.25, 0.3) is 0 Å². The fraction of sp³-hybridized carbons (Fsp3) is 0.143. The second kappa shape index (κ2) is 3.69. The van der Waals surface area contributed by atoms with Crippen LogP contribution >= 0.6 is 21.2 Å². The van der Waals surface area contributed by atoms with E-state index >= 15 is 0 Å². The third-order valence-corrected chi connectivity index (χ3v) is 3.82. The lowest BCUT2D eigenvalue weighted by Gasteiger charge is -2.05. The van der Waals surface area contributed by atoms with Crippen LogP contribution in [-0.2, 0) is 13.2 Å². The van der Waals surface area contributed by atoms with Gasteiger partial charge >= 0.3 is 6.18 Å². The van der Waals surface area contributed by atoms with Crippen LogP contribution in [0.4, 0.5) is 13.2 Å². The third-order valence-electron chi connectivity index (χ3n) is 1.46. The molecule has 0 spiro atoms. The maximum absolute atomic E-state index is 12.1. The first-order chi connectivity index (χ1) is 6.21. The van der Waals surface area contributed by atoms with Crippen LogP contribution in [0.3, 0.4) is 0 Å². The monoisotopic (exact) mass is 336 g/mol. The van der Waals surface area contributed by atoms with Gasteiger partial charge in [-0.15, -0.1) is 0 Å². The summed E-state index contributed by atoms with van der Waals surface area (Å²) in [7, 11) is -3.46. The lowest BCUT2D eigenvalue weighted by Crippen LogP contribution is -2.04. The van der Waals surface area contributed by atoms with E-state index in [1.165, 1.54) is 21.2 Å². The van der Waals surface area contributed by atoms with Gasteiger partial charge in [0.2, 0.25) is 7.01 Å². The maximum atomic E-state index is 12.1. The first-order valence-electron chi connectivity index (χ1n) is 3.33. The highest BCUT2D eigenvalue weighted by Crippen LogP contribution is 2.30. The molecule has 0 heterocycles. The summed E-state index contributed by atoms with van der Waals surface area (Å²) in [6, 6.07) is 3.35. The van der Waals surface area contributed by atoms with Gasteiger partial charge in [0.15, 0.2) is 0 Å². The topological polar surface area (TPSA) is 34.1 Å². The number of benzene rings is 1. The van der Waals surface area contributed by atoms with E-state index < -0.39 is 18.7 Å². The van der Waals surface area contributed by atoms with E-state index in [1.807, 2.05) is 0 Å². The van der Waals surface area contributed by atoms with Crippen molar-refractivity contribution in [2.45, 2.75) is 11.1 Å². The van der Waals surface area contributed by atoms with Gasteiger partial charge in [0.05, 0.1) is 31.7 Å². The molecule has 78 valence electrons. The van der Waals surface area contributed by atoms with Gasteiger partial charge in [-0.05, 0) is 24.3 Å². The molecule has 1 aromatic carbocycles. The second-order valence-electron chi connectivity index (χ2n) is 2.46. The number of rotatable bonds is 1. The molecule has 14 heavy (non-hydrogen) atoms. The van der Waals surface area contributed by atoms with Gasteiger partial charge in [0.25, 0.3) is 0 Å². The van der Waals surface area contributed by atoms with Crippen molar-refractivity contribution in [3.05, 3.63) is 29.8 Å². The van der Waals surface area contributed by atoms with E-state index in [1.54, 1.807) is 0 Å². The molecule has 2 nitrogen and oxygen atoms in total. The molecule has 0 aliphatic rings. The summed E-state index contributed by atoms with van der Waals surface area (Å²) >= 11 is 1.17. The number of alkyl halides is 3. The summed E-state index contributed by atoms with van der Waals surface area (Å²) in [6.45, 7) is 0. The molecule has 0 unspecified atom stereocenters. The standard InChI is InChI=1S/C7H4F3IO2S/c8-7(9,10)5-1-3-6(4-2-5)14(11,12)13/h1-4H. The molecule has 0 fully saturated rings. The molecule has 1 rings (SSSR count). The normalized spacial score (nSPS) is 12.9. The summed E-state index contributed by atoms with van der Waals surface area (Å²) in [6.07, 6.45) is -4.44. The SMILES string of the molecule is O=S(=O)(I)c1ccc(C(F)(F)F)cc1. The summed E-state index contributed by atoms with van der Waals surface area (Å²) in [4.78, 5) is -0.133. The highest BCUT2D eigenvalue weighted by Gasteiger charge is 2.30. The predicted octanol–water partition coefficient (Wildman–Crippen LogP) is 2.83. The zero-order chi connectivity index (χ0) is 11.0. The molecule has 0 aliphatic carbocycles. The van der Waals surface area contributed by atoms with Crippen LogP contribution in [0.5, 0.6) is 0 Å². The van der Waals surface area contributed by atoms with E-state index in [-0.39, 0.29) is 4.90 Å². The molecule has 0 atom stereocenters. The Morgan fingerprint density at radius 2 is 1.50 bits per heavy atom. The van der Waals surface area contributed by atoms with Crippen LogP contribution in [-0.4, -0.2) is 8.42 Å². The molecule has 0 saturated heterocycles. The Kier molecular flexibility index (Phi) is 3.10. The minimum absolute atomic E-state index is 0.133. The van der Waals surface area contributed by atoms with Crippen LogP contribution < -0.4 is 0 Å². The van der Waals surface area contributed by atoms with Crippen molar-refractivity contribution in [2.24, 2.45) is 0 Å². The Morgan fingerprint density at radius 1 is 1.07 bits per heavy atom. The smallest absolute Gasteiger partial charge is 0.213 e. The van der Waals surface area contributed by atoms with Gasteiger partial charge in [-0.1, -0.05) is 0 Å². The van der Waals surface area contributed by atoms with Crippen molar-refractivity contribution < 1.29 is 21.6 Å². The molecule has 7 heteroatoms. The Balaban J connectivity index is 3.14. The van der Waals surface area contributed by atoms with Gasteiger partial charge in [0.1, 0.15) is 0 Å². The summed E-state index contributed by atoms with van der Waals surface area (Å²) < 4.78 is 58.0. The van der Waals surface area contributed by atoms with Crippen LogP contribution in [0.2, 0.25) is 0 Å². The predicted molar refractivity (Wildman–Crippen MR) is 52.6 cm³/mol. The molecular weight excluding hydrogens is 332 g/mol. The largest absolute Gasteiger partial charge is 0.416 e. The molecule has 0 radical (unpaired) electrons. The highest BCUT2D eigenvalue weighted by molar-refractivity contribution is 14.2. The highest BCUT2D eigenvalue weighted by atomic mass is 127. The van der Waals surface area contributed by atoms with Crippen molar-refractivity contribution in [1.29, 1.82) is 0 Å².